The summed E-state index contributed by atoms with van der Waals surface area (Å²) >= 11 is 6.95. The lowest BCUT2D eigenvalue weighted by atomic mass is 10.0. The van der Waals surface area contributed by atoms with Crippen molar-refractivity contribution in [1.82, 2.24) is 4.90 Å². The van der Waals surface area contributed by atoms with Crippen LogP contribution in [0.5, 0.6) is 0 Å². The average Bonchev–Trinajstić information content (AvgIpc) is 2.49. The summed E-state index contributed by atoms with van der Waals surface area (Å²) in [5.74, 6) is -0.328. The summed E-state index contributed by atoms with van der Waals surface area (Å²) in [5.41, 5.74) is 1.37. The maximum atomic E-state index is 12.0. The third kappa shape index (κ3) is 4.20. The first-order chi connectivity index (χ1) is 10.0. The van der Waals surface area contributed by atoms with Crippen LogP contribution in [0.3, 0.4) is 0 Å². The molecule has 0 radical (unpaired) electrons. The number of ether oxygens (including phenoxy) is 1. The average molecular weight is 420 g/mol. The van der Waals surface area contributed by atoms with Crippen LogP contribution in [0.4, 0.5) is 5.69 Å². The third-order valence-corrected chi connectivity index (χ3v) is 4.93. The molecule has 0 aliphatic carbocycles. The van der Waals surface area contributed by atoms with Gasteiger partial charge >= 0.3 is 5.97 Å². The van der Waals surface area contributed by atoms with E-state index < -0.39 is 0 Å². The summed E-state index contributed by atoms with van der Waals surface area (Å²) in [7, 11) is 1.40. The smallest absolute Gasteiger partial charge is 0.340 e. The minimum absolute atomic E-state index is 0.328. The van der Waals surface area contributed by atoms with Gasteiger partial charge in [0.05, 0.1) is 18.4 Å². The third-order valence-electron chi connectivity index (χ3n) is 3.84. The van der Waals surface area contributed by atoms with E-state index in [9.17, 15) is 4.79 Å². The topological polar surface area (TPSA) is 41.6 Å². The lowest BCUT2D eigenvalue weighted by Gasteiger charge is -2.32. The van der Waals surface area contributed by atoms with Gasteiger partial charge in [0.25, 0.3) is 0 Å². The summed E-state index contributed by atoms with van der Waals surface area (Å²) in [6, 6.07) is 4.12. The lowest BCUT2D eigenvalue weighted by Crippen LogP contribution is -2.39. The van der Waals surface area contributed by atoms with E-state index in [-0.39, 0.29) is 5.97 Å². The molecule has 1 N–H and O–H groups in total. The number of carbonyl (C=O) groups is 1. The van der Waals surface area contributed by atoms with E-state index in [2.05, 4.69) is 49.0 Å². The molecule has 1 saturated heterocycles. The van der Waals surface area contributed by atoms with Crippen molar-refractivity contribution in [3.8, 4) is 0 Å². The van der Waals surface area contributed by atoms with Crippen molar-refractivity contribution in [2.75, 3.05) is 32.1 Å². The molecule has 0 aromatic heterocycles. The first kappa shape index (κ1) is 16.8. The molecule has 6 heteroatoms. The second kappa shape index (κ2) is 7.61. The predicted molar refractivity (Wildman–Crippen MR) is 91.9 cm³/mol. The zero-order valence-corrected chi connectivity index (χ0v) is 15.5. The number of benzene rings is 1. The fourth-order valence-electron chi connectivity index (χ4n) is 2.59. The van der Waals surface area contributed by atoms with Crippen LogP contribution in [0.25, 0.3) is 0 Å². The molecule has 0 amide bonds. The Bertz CT molecular complexity index is 515. The van der Waals surface area contributed by atoms with E-state index in [1.54, 1.807) is 6.07 Å². The van der Waals surface area contributed by atoms with Crippen molar-refractivity contribution in [3.05, 3.63) is 26.6 Å². The standard InChI is InChI=1S/C15H20Br2N2O2/c1-3-19-6-4-11(5-7-19)18-14-12(15(20)21-2)8-10(16)9-13(14)17/h8-9,11,18H,3-7H2,1-2H3. The number of methoxy groups -OCH3 is 1. The molecule has 21 heavy (non-hydrogen) atoms. The Morgan fingerprint density at radius 3 is 2.62 bits per heavy atom. The van der Waals surface area contributed by atoms with Gasteiger partial charge in [-0.05, 0) is 47.4 Å². The van der Waals surface area contributed by atoms with E-state index >= 15 is 0 Å². The van der Waals surface area contributed by atoms with Gasteiger partial charge in [0.1, 0.15) is 0 Å². The summed E-state index contributed by atoms with van der Waals surface area (Å²) < 4.78 is 6.60. The molecule has 0 bridgehead atoms. The molecule has 1 aromatic rings. The summed E-state index contributed by atoms with van der Waals surface area (Å²) in [6.45, 7) is 5.47. The van der Waals surface area contributed by atoms with Crippen molar-refractivity contribution in [3.63, 3.8) is 0 Å². The monoisotopic (exact) mass is 418 g/mol. The second-order valence-electron chi connectivity index (χ2n) is 5.15. The summed E-state index contributed by atoms with van der Waals surface area (Å²) in [6.07, 6.45) is 2.16. The van der Waals surface area contributed by atoms with Gasteiger partial charge in [-0.3, -0.25) is 0 Å². The number of esters is 1. The molecule has 1 aromatic carbocycles. The number of anilines is 1. The van der Waals surface area contributed by atoms with E-state index in [1.807, 2.05) is 6.07 Å². The van der Waals surface area contributed by atoms with Crippen LogP contribution in [0.15, 0.2) is 21.1 Å². The van der Waals surface area contributed by atoms with Crippen LogP contribution in [-0.4, -0.2) is 43.7 Å². The van der Waals surface area contributed by atoms with Crippen molar-refractivity contribution in [1.29, 1.82) is 0 Å². The number of carbonyl (C=O) groups excluding carboxylic acids is 1. The molecule has 0 spiro atoms. The first-order valence-electron chi connectivity index (χ1n) is 7.11. The number of likely N-dealkylation sites (tertiary alicyclic amines) is 1. The highest BCUT2D eigenvalue weighted by molar-refractivity contribution is 9.11. The van der Waals surface area contributed by atoms with Gasteiger partial charge in [-0.2, -0.15) is 0 Å². The molecule has 0 atom stereocenters. The van der Waals surface area contributed by atoms with Crippen molar-refractivity contribution < 1.29 is 9.53 Å². The molecule has 2 rings (SSSR count). The normalized spacial score (nSPS) is 16.8. The maximum Gasteiger partial charge on any atom is 0.340 e. The Morgan fingerprint density at radius 2 is 2.05 bits per heavy atom. The molecule has 1 aliphatic heterocycles. The Morgan fingerprint density at radius 1 is 1.38 bits per heavy atom. The highest BCUT2D eigenvalue weighted by Gasteiger charge is 2.22. The molecule has 1 fully saturated rings. The molecular formula is C15H20Br2N2O2. The number of halogens is 2. The molecule has 1 aliphatic rings. The van der Waals surface area contributed by atoms with Crippen LogP contribution in [0.2, 0.25) is 0 Å². The van der Waals surface area contributed by atoms with Crippen LogP contribution in [0, 0.1) is 0 Å². The van der Waals surface area contributed by atoms with Gasteiger partial charge in [0, 0.05) is 28.1 Å². The van der Waals surface area contributed by atoms with Crippen LogP contribution >= 0.6 is 31.9 Å². The number of hydrogen-bond acceptors (Lipinski definition) is 4. The van der Waals surface area contributed by atoms with Crippen LogP contribution in [-0.2, 0) is 4.74 Å². The van der Waals surface area contributed by atoms with E-state index in [4.69, 9.17) is 4.74 Å². The summed E-state index contributed by atoms with van der Waals surface area (Å²) in [4.78, 5) is 14.4. The zero-order valence-electron chi connectivity index (χ0n) is 12.3. The lowest BCUT2D eigenvalue weighted by molar-refractivity contribution is 0.0601. The number of nitrogens with one attached hydrogen (secondary N) is 1. The van der Waals surface area contributed by atoms with E-state index in [0.29, 0.717) is 11.6 Å². The van der Waals surface area contributed by atoms with Gasteiger partial charge in [-0.15, -0.1) is 0 Å². The highest BCUT2D eigenvalue weighted by Crippen LogP contribution is 2.32. The molecule has 116 valence electrons. The quantitative estimate of drug-likeness (QED) is 0.751. The fourth-order valence-corrected chi connectivity index (χ4v) is 3.93. The van der Waals surface area contributed by atoms with Gasteiger partial charge in [-0.25, -0.2) is 4.79 Å². The number of nitrogens with zero attached hydrogens (tertiary/aromatic N) is 1. The van der Waals surface area contributed by atoms with Gasteiger partial charge in [0.2, 0.25) is 0 Å². The maximum absolute atomic E-state index is 12.0. The van der Waals surface area contributed by atoms with Crippen molar-refractivity contribution in [2.24, 2.45) is 0 Å². The summed E-state index contributed by atoms with van der Waals surface area (Å²) in [5, 5.41) is 3.51. The predicted octanol–water partition coefficient (Wildman–Crippen LogP) is 3.89. The highest BCUT2D eigenvalue weighted by atomic mass is 79.9. The first-order valence-corrected chi connectivity index (χ1v) is 8.70. The number of hydrogen-bond donors (Lipinski definition) is 1. The Hall–Kier alpha value is -0.590. The molecule has 1 heterocycles. The van der Waals surface area contributed by atoms with Gasteiger partial charge in [-0.1, -0.05) is 22.9 Å². The zero-order chi connectivity index (χ0) is 15.4. The largest absolute Gasteiger partial charge is 0.465 e. The molecule has 0 unspecified atom stereocenters. The van der Waals surface area contributed by atoms with Crippen molar-refractivity contribution in [2.45, 2.75) is 25.8 Å². The minimum Gasteiger partial charge on any atom is -0.465 e. The van der Waals surface area contributed by atoms with Gasteiger partial charge < -0.3 is 15.0 Å². The fraction of sp³-hybridized carbons (Fsp3) is 0.533. The molecular weight excluding hydrogens is 400 g/mol. The van der Waals surface area contributed by atoms with Crippen LogP contribution < -0.4 is 5.32 Å². The van der Waals surface area contributed by atoms with E-state index in [1.165, 1.54) is 7.11 Å². The van der Waals surface area contributed by atoms with Crippen LogP contribution in [0.1, 0.15) is 30.1 Å². The second-order valence-corrected chi connectivity index (χ2v) is 6.92. The van der Waals surface area contributed by atoms with E-state index in [0.717, 1.165) is 47.1 Å². The van der Waals surface area contributed by atoms with Crippen molar-refractivity contribution >= 4 is 43.5 Å². The Balaban J connectivity index is 2.17. The minimum atomic E-state index is -0.328. The number of piperidine rings is 1. The molecule has 4 nitrogen and oxygen atoms in total. The SMILES string of the molecule is CCN1CCC(Nc2c(Br)cc(Br)cc2C(=O)OC)CC1. The number of rotatable bonds is 4. The van der Waals surface area contributed by atoms with Gasteiger partial charge in [0.15, 0.2) is 0 Å². The Labute approximate surface area is 142 Å². The molecule has 0 saturated carbocycles. The Kier molecular flexibility index (Phi) is 6.08.